The number of hydrogen-bond acceptors (Lipinski definition) is 3. The zero-order valence-electron chi connectivity index (χ0n) is 10.1. The average molecular weight is 236 g/mol. The van der Waals surface area contributed by atoms with E-state index in [2.05, 4.69) is 12.2 Å². The second kappa shape index (κ2) is 6.91. The largest absolute Gasteiger partial charge is 0.507 e. The summed E-state index contributed by atoms with van der Waals surface area (Å²) in [6.45, 7) is 3.30. The molecule has 0 saturated carbocycles. The zero-order chi connectivity index (χ0) is 12.7. The molecular formula is C13H20N2O2. The smallest absolute Gasteiger partial charge is 0.255 e. The molecule has 0 aliphatic rings. The minimum atomic E-state index is -0.237. The molecule has 0 spiro atoms. The highest BCUT2D eigenvalue weighted by atomic mass is 16.3. The van der Waals surface area contributed by atoms with Crippen LogP contribution in [0.3, 0.4) is 0 Å². The van der Waals surface area contributed by atoms with Gasteiger partial charge in [-0.25, -0.2) is 0 Å². The molecular weight excluding hydrogens is 216 g/mol. The number of carbonyl (C=O) groups excluding carboxylic acids is 1. The van der Waals surface area contributed by atoms with Gasteiger partial charge in [-0.05, 0) is 31.0 Å². The first kappa shape index (κ1) is 13.5. The molecule has 4 heteroatoms. The van der Waals surface area contributed by atoms with Gasteiger partial charge in [0.15, 0.2) is 0 Å². The van der Waals surface area contributed by atoms with Crippen molar-refractivity contribution in [2.45, 2.75) is 19.8 Å². The van der Waals surface area contributed by atoms with E-state index in [4.69, 9.17) is 5.73 Å². The first-order valence-corrected chi connectivity index (χ1v) is 5.95. The Morgan fingerprint density at radius 2 is 2.18 bits per heavy atom. The predicted molar refractivity (Wildman–Crippen MR) is 67.9 cm³/mol. The summed E-state index contributed by atoms with van der Waals surface area (Å²) in [7, 11) is 0. The van der Waals surface area contributed by atoms with Crippen LogP contribution in [-0.4, -0.2) is 24.1 Å². The summed E-state index contributed by atoms with van der Waals surface area (Å²) in [5.74, 6) is 0.172. The Labute approximate surface area is 102 Å². The van der Waals surface area contributed by atoms with E-state index in [0.29, 0.717) is 24.6 Å². The number of benzene rings is 1. The molecule has 17 heavy (non-hydrogen) atoms. The summed E-state index contributed by atoms with van der Waals surface area (Å²) in [6.07, 6.45) is 1.88. The van der Waals surface area contributed by atoms with E-state index in [1.165, 1.54) is 6.07 Å². The van der Waals surface area contributed by atoms with Crippen LogP contribution in [0.15, 0.2) is 24.3 Å². The Balaban J connectivity index is 2.52. The quantitative estimate of drug-likeness (QED) is 0.700. The number of hydrogen-bond donors (Lipinski definition) is 3. The summed E-state index contributed by atoms with van der Waals surface area (Å²) in [6, 6.07) is 6.53. The molecule has 4 N–H and O–H groups in total. The third-order valence-electron chi connectivity index (χ3n) is 2.85. The van der Waals surface area contributed by atoms with Crippen LogP contribution in [0.2, 0.25) is 0 Å². The van der Waals surface area contributed by atoms with E-state index in [-0.39, 0.29) is 11.7 Å². The molecule has 0 aliphatic heterocycles. The van der Waals surface area contributed by atoms with Gasteiger partial charge in [-0.2, -0.15) is 0 Å². The molecule has 0 fully saturated rings. The van der Waals surface area contributed by atoms with Gasteiger partial charge >= 0.3 is 0 Å². The fourth-order valence-corrected chi connectivity index (χ4v) is 1.68. The van der Waals surface area contributed by atoms with Crippen LogP contribution >= 0.6 is 0 Å². The third-order valence-corrected chi connectivity index (χ3v) is 2.85. The molecule has 0 bridgehead atoms. The monoisotopic (exact) mass is 236 g/mol. The Kier molecular flexibility index (Phi) is 5.49. The molecule has 0 aromatic heterocycles. The van der Waals surface area contributed by atoms with E-state index < -0.39 is 0 Å². The topological polar surface area (TPSA) is 75.3 Å². The summed E-state index contributed by atoms with van der Waals surface area (Å²) in [5.41, 5.74) is 5.81. The van der Waals surface area contributed by atoms with Gasteiger partial charge in [-0.1, -0.05) is 25.5 Å². The van der Waals surface area contributed by atoms with Gasteiger partial charge in [-0.3, -0.25) is 4.79 Å². The summed E-state index contributed by atoms with van der Waals surface area (Å²) < 4.78 is 0. The molecule has 94 valence electrons. The van der Waals surface area contributed by atoms with E-state index in [1.807, 2.05) is 0 Å². The second-order valence-corrected chi connectivity index (χ2v) is 4.08. The van der Waals surface area contributed by atoms with Gasteiger partial charge in [0.2, 0.25) is 0 Å². The molecule has 1 rings (SSSR count). The lowest BCUT2D eigenvalue weighted by Gasteiger charge is -2.14. The van der Waals surface area contributed by atoms with Crippen LogP contribution in [0.1, 0.15) is 30.1 Å². The number of carbonyl (C=O) groups is 1. The van der Waals surface area contributed by atoms with Crippen LogP contribution in [0.25, 0.3) is 0 Å². The normalized spacial score (nSPS) is 12.1. The van der Waals surface area contributed by atoms with Gasteiger partial charge in [0.05, 0.1) is 5.56 Å². The lowest BCUT2D eigenvalue weighted by molar-refractivity contribution is 0.0943. The Bertz CT molecular complexity index is 366. The SMILES string of the molecule is CCC(CCN)CNC(=O)c1ccccc1O. The summed E-state index contributed by atoms with van der Waals surface area (Å²) in [4.78, 5) is 11.8. The van der Waals surface area contributed by atoms with Crippen LogP contribution in [0.5, 0.6) is 5.75 Å². The number of nitrogens with two attached hydrogens (primary N) is 1. The highest BCUT2D eigenvalue weighted by molar-refractivity contribution is 5.96. The van der Waals surface area contributed by atoms with Crippen molar-refractivity contribution in [2.24, 2.45) is 11.7 Å². The van der Waals surface area contributed by atoms with Crippen molar-refractivity contribution >= 4 is 5.91 Å². The molecule has 0 radical (unpaired) electrons. The number of nitrogens with one attached hydrogen (secondary N) is 1. The minimum absolute atomic E-state index is 0.0110. The number of aromatic hydroxyl groups is 1. The number of amides is 1. The Morgan fingerprint density at radius 3 is 2.76 bits per heavy atom. The van der Waals surface area contributed by atoms with E-state index in [1.54, 1.807) is 18.2 Å². The number of rotatable bonds is 6. The number of para-hydroxylation sites is 1. The van der Waals surface area contributed by atoms with Crippen LogP contribution in [0.4, 0.5) is 0 Å². The fraction of sp³-hybridized carbons (Fsp3) is 0.462. The van der Waals surface area contributed by atoms with Crippen LogP contribution in [-0.2, 0) is 0 Å². The van der Waals surface area contributed by atoms with Crippen molar-refractivity contribution < 1.29 is 9.90 Å². The highest BCUT2D eigenvalue weighted by Gasteiger charge is 2.12. The fourth-order valence-electron chi connectivity index (χ4n) is 1.68. The van der Waals surface area contributed by atoms with Gasteiger partial charge in [0.25, 0.3) is 5.91 Å². The molecule has 4 nitrogen and oxygen atoms in total. The van der Waals surface area contributed by atoms with Crippen LogP contribution < -0.4 is 11.1 Å². The van der Waals surface area contributed by atoms with Gasteiger partial charge < -0.3 is 16.2 Å². The molecule has 1 unspecified atom stereocenters. The molecule has 0 heterocycles. The van der Waals surface area contributed by atoms with Gasteiger partial charge in [-0.15, -0.1) is 0 Å². The average Bonchev–Trinajstić information content (AvgIpc) is 2.34. The third kappa shape index (κ3) is 4.07. The molecule has 1 atom stereocenters. The number of phenolic OH excluding ortho intramolecular Hbond substituents is 1. The lowest BCUT2D eigenvalue weighted by atomic mass is 10.0. The molecule has 0 aliphatic carbocycles. The number of phenols is 1. The molecule has 0 saturated heterocycles. The van der Waals surface area contributed by atoms with Crippen molar-refractivity contribution in [3.63, 3.8) is 0 Å². The maximum Gasteiger partial charge on any atom is 0.255 e. The zero-order valence-corrected chi connectivity index (χ0v) is 10.1. The summed E-state index contributed by atoms with van der Waals surface area (Å²) >= 11 is 0. The van der Waals surface area contributed by atoms with Crippen molar-refractivity contribution in [3.8, 4) is 5.75 Å². The second-order valence-electron chi connectivity index (χ2n) is 4.08. The van der Waals surface area contributed by atoms with Gasteiger partial charge in [0, 0.05) is 6.54 Å². The maximum absolute atomic E-state index is 11.8. The summed E-state index contributed by atoms with van der Waals surface area (Å²) in [5, 5.41) is 12.3. The standard InChI is InChI=1S/C13H20N2O2/c1-2-10(7-8-14)9-15-13(17)11-5-3-4-6-12(11)16/h3-6,10,16H,2,7-9,14H2,1H3,(H,15,17). The minimum Gasteiger partial charge on any atom is -0.507 e. The lowest BCUT2D eigenvalue weighted by Crippen LogP contribution is -2.30. The van der Waals surface area contributed by atoms with Crippen molar-refractivity contribution in [1.82, 2.24) is 5.32 Å². The maximum atomic E-state index is 11.8. The van der Waals surface area contributed by atoms with E-state index in [0.717, 1.165) is 12.8 Å². The Hall–Kier alpha value is -1.55. The Morgan fingerprint density at radius 1 is 1.47 bits per heavy atom. The molecule has 1 aromatic rings. The first-order valence-electron chi connectivity index (χ1n) is 5.95. The highest BCUT2D eigenvalue weighted by Crippen LogP contribution is 2.15. The van der Waals surface area contributed by atoms with Crippen molar-refractivity contribution in [3.05, 3.63) is 29.8 Å². The van der Waals surface area contributed by atoms with Crippen molar-refractivity contribution in [1.29, 1.82) is 0 Å². The van der Waals surface area contributed by atoms with Crippen LogP contribution in [0, 0.1) is 5.92 Å². The molecule has 1 aromatic carbocycles. The predicted octanol–water partition coefficient (Wildman–Crippen LogP) is 1.50. The first-order chi connectivity index (χ1) is 8.19. The van der Waals surface area contributed by atoms with E-state index in [9.17, 15) is 9.90 Å². The van der Waals surface area contributed by atoms with Gasteiger partial charge in [0.1, 0.15) is 5.75 Å². The van der Waals surface area contributed by atoms with E-state index >= 15 is 0 Å². The molecule has 1 amide bonds. The van der Waals surface area contributed by atoms with Crippen molar-refractivity contribution in [2.75, 3.05) is 13.1 Å².